The highest BCUT2D eigenvalue weighted by atomic mass is 79.9. The molecular formula is C25H32BrClN4O3Si. The molecule has 0 fully saturated rings. The summed E-state index contributed by atoms with van der Waals surface area (Å²) in [4.78, 5) is 25.8. The second-order valence-electron chi connectivity index (χ2n) is 9.87. The molecule has 0 aliphatic carbocycles. The average Bonchev–Trinajstić information content (AvgIpc) is 2.77. The SMILES string of the molecule is Cc1c(NC(C(=O)NNC(=O)c2ccc(Br)cc2)C(C)O[Si](C)(C)C(C)(C)C)ccc(C#N)c1Cl. The number of hydrazine groups is 1. The van der Waals surface area contributed by atoms with Crippen LogP contribution in [0.1, 0.15) is 49.2 Å². The summed E-state index contributed by atoms with van der Waals surface area (Å²) < 4.78 is 7.33. The van der Waals surface area contributed by atoms with Gasteiger partial charge in [0.15, 0.2) is 8.32 Å². The Hall–Kier alpha value is -2.38. The summed E-state index contributed by atoms with van der Waals surface area (Å²) in [5.74, 6) is -0.915. The van der Waals surface area contributed by atoms with Crippen molar-refractivity contribution in [1.29, 1.82) is 5.26 Å². The molecule has 188 valence electrons. The highest BCUT2D eigenvalue weighted by Gasteiger charge is 2.41. The molecule has 10 heteroatoms. The summed E-state index contributed by atoms with van der Waals surface area (Å²) in [6.45, 7) is 14.2. The molecule has 35 heavy (non-hydrogen) atoms. The van der Waals surface area contributed by atoms with E-state index in [4.69, 9.17) is 16.0 Å². The Balaban J connectivity index is 2.29. The number of nitrogens with one attached hydrogen (secondary N) is 3. The number of amides is 2. The van der Waals surface area contributed by atoms with E-state index < -0.39 is 32.3 Å². The Bertz CT molecular complexity index is 1130. The van der Waals surface area contributed by atoms with Gasteiger partial charge in [-0.25, -0.2) is 0 Å². The summed E-state index contributed by atoms with van der Waals surface area (Å²) in [6, 6.07) is 11.3. The molecular weight excluding hydrogens is 548 g/mol. The Morgan fingerprint density at radius 3 is 2.26 bits per heavy atom. The van der Waals surface area contributed by atoms with Crippen molar-refractivity contribution in [2.75, 3.05) is 5.32 Å². The van der Waals surface area contributed by atoms with E-state index in [9.17, 15) is 14.9 Å². The van der Waals surface area contributed by atoms with Crippen LogP contribution in [0.25, 0.3) is 0 Å². The zero-order valence-corrected chi connectivity index (χ0v) is 24.4. The maximum Gasteiger partial charge on any atom is 0.269 e. The second kappa shape index (κ2) is 11.6. The third-order valence-corrected chi connectivity index (χ3v) is 11.9. The van der Waals surface area contributed by atoms with Crippen LogP contribution in [0, 0.1) is 18.3 Å². The van der Waals surface area contributed by atoms with E-state index in [1.165, 1.54) is 0 Å². The summed E-state index contributed by atoms with van der Waals surface area (Å²) in [5, 5.41) is 12.7. The number of benzene rings is 2. The Kier molecular flexibility index (Phi) is 9.54. The highest BCUT2D eigenvalue weighted by molar-refractivity contribution is 9.10. The van der Waals surface area contributed by atoms with Gasteiger partial charge in [0, 0.05) is 15.7 Å². The molecule has 0 aliphatic heterocycles. The summed E-state index contributed by atoms with van der Waals surface area (Å²) >= 11 is 9.67. The summed E-state index contributed by atoms with van der Waals surface area (Å²) in [7, 11) is -2.22. The molecule has 0 aliphatic rings. The zero-order valence-electron chi connectivity index (χ0n) is 21.0. The van der Waals surface area contributed by atoms with Gasteiger partial charge in [-0.15, -0.1) is 0 Å². The molecule has 0 spiro atoms. The molecule has 2 aromatic rings. The van der Waals surface area contributed by atoms with Crippen molar-refractivity contribution in [3.8, 4) is 6.07 Å². The first-order valence-corrected chi connectivity index (χ1v) is 15.2. The van der Waals surface area contributed by atoms with Crippen LogP contribution in [-0.2, 0) is 9.22 Å². The largest absolute Gasteiger partial charge is 0.412 e. The highest BCUT2D eigenvalue weighted by Crippen LogP contribution is 2.38. The first kappa shape index (κ1) is 28.9. The zero-order chi connectivity index (χ0) is 26.6. The topological polar surface area (TPSA) is 103 Å². The van der Waals surface area contributed by atoms with Gasteiger partial charge in [-0.3, -0.25) is 20.4 Å². The second-order valence-corrected chi connectivity index (χ2v) is 15.9. The Labute approximate surface area is 221 Å². The molecule has 2 amide bonds. The molecule has 3 N–H and O–H groups in total. The number of anilines is 1. The van der Waals surface area contributed by atoms with Crippen molar-refractivity contribution < 1.29 is 14.0 Å². The molecule has 0 saturated carbocycles. The van der Waals surface area contributed by atoms with Crippen molar-refractivity contribution in [1.82, 2.24) is 10.9 Å². The maximum absolute atomic E-state index is 13.3. The first-order valence-electron chi connectivity index (χ1n) is 11.2. The minimum absolute atomic E-state index is 0.0637. The normalized spacial score (nSPS) is 13.4. The summed E-state index contributed by atoms with van der Waals surface area (Å²) in [5.41, 5.74) is 6.97. The van der Waals surface area contributed by atoms with Crippen molar-refractivity contribution in [2.24, 2.45) is 0 Å². The van der Waals surface area contributed by atoms with E-state index in [0.717, 1.165) is 4.47 Å². The monoisotopic (exact) mass is 578 g/mol. The molecule has 2 atom stereocenters. The maximum atomic E-state index is 13.3. The molecule has 0 saturated heterocycles. The molecule has 2 rings (SSSR count). The molecule has 0 heterocycles. The number of hydrogen-bond donors (Lipinski definition) is 3. The van der Waals surface area contributed by atoms with Gasteiger partial charge in [-0.05, 0) is 73.9 Å². The molecule has 7 nitrogen and oxygen atoms in total. The lowest BCUT2D eigenvalue weighted by Gasteiger charge is -2.40. The molecule has 0 aromatic heterocycles. The van der Waals surface area contributed by atoms with Crippen LogP contribution in [0.4, 0.5) is 5.69 Å². The molecule has 2 unspecified atom stereocenters. The lowest BCUT2D eigenvalue weighted by atomic mass is 10.1. The van der Waals surface area contributed by atoms with Crippen LogP contribution >= 0.6 is 27.5 Å². The van der Waals surface area contributed by atoms with Gasteiger partial charge in [0.1, 0.15) is 12.1 Å². The van der Waals surface area contributed by atoms with E-state index in [1.54, 1.807) is 43.3 Å². The number of rotatable bonds is 7. The van der Waals surface area contributed by atoms with Gasteiger partial charge in [-0.1, -0.05) is 48.3 Å². The van der Waals surface area contributed by atoms with Gasteiger partial charge in [0.25, 0.3) is 11.8 Å². The lowest BCUT2D eigenvalue weighted by Crippen LogP contribution is -2.55. The standard InChI is InChI=1S/C25H32BrClN4O3Si/c1-15-20(13-10-18(14-28)21(15)27)29-22(16(2)34-35(6,7)25(3,4)5)24(33)31-30-23(32)17-8-11-19(26)12-9-17/h8-13,16,22,29H,1-7H3,(H,30,32)(H,31,33). The van der Waals surface area contributed by atoms with Gasteiger partial charge in [0.05, 0.1) is 16.7 Å². The van der Waals surface area contributed by atoms with E-state index in [1.807, 2.05) is 6.92 Å². The predicted octanol–water partition coefficient (Wildman–Crippen LogP) is 5.93. The average molecular weight is 580 g/mol. The first-order chi connectivity index (χ1) is 16.2. The quantitative estimate of drug-likeness (QED) is 0.278. The van der Waals surface area contributed by atoms with Crippen molar-refractivity contribution >= 4 is 53.4 Å². The minimum Gasteiger partial charge on any atom is -0.412 e. The van der Waals surface area contributed by atoms with Crippen LogP contribution < -0.4 is 16.2 Å². The predicted molar refractivity (Wildman–Crippen MR) is 146 cm³/mol. The fourth-order valence-corrected chi connectivity index (χ4v) is 4.96. The molecule has 0 radical (unpaired) electrons. The number of halogens is 2. The van der Waals surface area contributed by atoms with Gasteiger partial charge in [0.2, 0.25) is 0 Å². The van der Waals surface area contributed by atoms with Crippen LogP contribution in [0.2, 0.25) is 23.2 Å². The van der Waals surface area contributed by atoms with Crippen molar-refractivity contribution in [3.63, 3.8) is 0 Å². The fourth-order valence-electron chi connectivity index (χ4n) is 3.07. The minimum atomic E-state index is -2.22. The van der Waals surface area contributed by atoms with E-state index in [2.05, 4.69) is 72.0 Å². The van der Waals surface area contributed by atoms with E-state index in [0.29, 0.717) is 27.4 Å². The van der Waals surface area contributed by atoms with E-state index >= 15 is 0 Å². The third-order valence-electron chi connectivity index (χ3n) is 6.26. The van der Waals surface area contributed by atoms with Crippen LogP contribution in [0.5, 0.6) is 0 Å². The smallest absolute Gasteiger partial charge is 0.269 e. The lowest BCUT2D eigenvalue weighted by molar-refractivity contribution is -0.124. The molecule has 2 aromatic carbocycles. The number of carbonyl (C=O) groups excluding carboxylic acids is 2. The summed E-state index contributed by atoms with van der Waals surface area (Å²) in [6.07, 6.45) is -0.533. The van der Waals surface area contributed by atoms with Crippen LogP contribution in [0.3, 0.4) is 0 Å². The van der Waals surface area contributed by atoms with Crippen LogP contribution in [-0.4, -0.2) is 32.3 Å². The van der Waals surface area contributed by atoms with Gasteiger partial charge >= 0.3 is 0 Å². The Morgan fingerprint density at radius 2 is 1.71 bits per heavy atom. The number of hydrogen-bond acceptors (Lipinski definition) is 5. The third kappa shape index (κ3) is 7.30. The fraction of sp³-hybridized carbons (Fsp3) is 0.400. The molecule has 0 bridgehead atoms. The number of carbonyl (C=O) groups is 2. The number of nitriles is 1. The van der Waals surface area contributed by atoms with Crippen LogP contribution in [0.15, 0.2) is 40.9 Å². The van der Waals surface area contributed by atoms with Gasteiger partial charge < -0.3 is 9.74 Å². The van der Waals surface area contributed by atoms with Crippen molar-refractivity contribution in [3.05, 3.63) is 62.6 Å². The Morgan fingerprint density at radius 1 is 1.11 bits per heavy atom. The van der Waals surface area contributed by atoms with Gasteiger partial charge in [-0.2, -0.15) is 5.26 Å². The van der Waals surface area contributed by atoms with E-state index in [-0.39, 0.29) is 5.04 Å². The van der Waals surface area contributed by atoms with Crippen molar-refractivity contribution in [2.45, 2.75) is 64.9 Å². The number of nitrogens with zero attached hydrogens (tertiary/aromatic N) is 1.